The van der Waals surface area contributed by atoms with Gasteiger partial charge < -0.3 is 30.0 Å². The second-order valence-corrected chi connectivity index (χ2v) is 9.21. The van der Waals surface area contributed by atoms with Crippen LogP contribution in [0.15, 0.2) is 28.9 Å². The Morgan fingerprint density at radius 1 is 1.29 bits per heavy atom. The van der Waals surface area contributed by atoms with Crippen molar-refractivity contribution in [1.29, 1.82) is 0 Å². The Labute approximate surface area is 207 Å². The van der Waals surface area contributed by atoms with Gasteiger partial charge in [-0.25, -0.2) is 9.97 Å². The first-order valence-corrected chi connectivity index (χ1v) is 12.4. The van der Waals surface area contributed by atoms with Gasteiger partial charge in [0.1, 0.15) is 11.3 Å². The number of H-pyrrole nitrogens is 1. The molecule has 3 aromatic rings. The molecule has 3 N–H and O–H groups in total. The molecule has 4 rings (SSSR count). The number of ether oxygens (including phenoxy) is 2. The third-order valence-electron chi connectivity index (χ3n) is 6.02. The molecule has 1 amide bonds. The Morgan fingerprint density at radius 2 is 2.09 bits per heavy atom. The topological polar surface area (TPSA) is 104 Å². The second-order valence-electron chi connectivity index (χ2n) is 8.35. The molecule has 1 saturated heterocycles. The Bertz CT molecular complexity index is 1140. The number of fused-ring (bicyclic) bond motifs is 1. The van der Waals surface area contributed by atoms with Crippen LogP contribution in [0.25, 0.3) is 22.6 Å². The Balaban J connectivity index is 1.56. The molecule has 3 heterocycles. The van der Waals surface area contributed by atoms with Gasteiger partial charge in [-0.1, -0.05) is 6.92 Å². The fraction of sp³-hybridized carbons (Fsp3) is 0.458. The number of benzene rings is 1. The van der Waals surface area contributed by atoms with E-state index in [1.807, 2.05) is 12.1 Å². The molecule has 1 aromatic carbocycles. The number of nitrogens with one attached hydrogen (secondary N) is 3. The number of anilines is 1. The van der Waals surface area contributed by atoms with Gasteiger partial charge in [0.15, 0.2) is 23.8 Å². The minimum atomic E-state index is -0.212. The molecule has 1 aliphatic heterocycles. The Kier molecular flexibility index (Phi) is 7.89. The number of pyridine rings is 1. The van der Waals surface area contributed by atoms with E-state index >= 15 is 0 Å². The number of halogens is 1. The molecule has 182 valence electrons. The average molecular weight is 531 g/mol. The number of carbonyl (C=O) groups is 1. The number of aromatic amines is 1. The van der Waals surface area contributed by atoms with Crippen molar-refractivity contribution in [1.82, 2.24) is 25.2 Å². The first kappa shape index (κ1) is 24.3. The zero-order valence-corrected chi connectivity index (χ0v) is 21.4. The van der Waals surface area contributed by atoms with E-state index < -0.39 is 0 Å². The lowest BCUT2D eigenvalue weighted by molar-refractivity contribution is -0.122. The summed E-state index contributed by atoms with van der Waals surface area (Å²) in [6.45, 7) is 5.53. The SMILES string of the molecule is CCCN1CCC(Nc2c(Br)cnc3nc(-c4ccc(OCC(=O)NC)c(OC)c4)[nH]c23)CC1. The number of rotatable bonds is 9. The summed E-state index contributed by atoms with van der Waals surface area (Å²) in [5, 5.41) is 6.25. The van der Waals surface area contributed by atoms with E-state index in [9.17, 15) is 4.79 Å². The third-order valence-corrected chi connectivity index (χ3v) is 6.63. The van der Waals surface area contributed by atoms with Gasteiger partial charge >= 0.3 is 0 Å². The molecule has 0 saturated carbocycles. The van der Waals surface area contributed by atoms with Gasteiger partial charge in [0.25, 0.3) is 5.91 Å². The van der Waals surface area contributed by atoms with Crippen molar-refractivity contribution in [2.45, 2.75) is 32.2 Å². The van der Waals surface area contributed by atoms with E-state index in [1.165, 1.54) is 13.0 Å². The van der Waals surface area contributed by atoms with E-state index in [0.717, 1.165) is 47.2 Å². The number of imidazole rings is 1. The van der Waals surface area contributed by atoms with Gasteiger partial charge in [0, 0.05) is 37.9 Å². The highest BCUT2D eigenvalue weighted by Crippen LogP contribution is 2.35. The average Bonchev–Trinajstić information content (AvgIpc) is 3.30. The highest BCUT2D eigenvalue weighted by Gasteiger charge is 2.21. The molecule has 0 unspecified atom stereocenters. The minimum absolute atomic E-state index is 0.0822. The number of likely N-dealkylation sites (N-methyl/N-ethyl adjacent to an activating group) is 1. The summed E-state index contributed by atoms with van der Waals surface area (Å²) in [4.78, 5) is 26.7. The number of carbonyl (C=O) groups excluding carboxylic acids is 1. The van der Waals surface area contributed by atoms with Gasteiger partial charge in [0.05, 0.1) is 17.3 Å². The third kappa shape index (κ3) is 5.44. The maximum Gasteiger partial charge on any atom is 0.257 e. The number of amides is 1. The van der Waals surface area contributed by atoms with Crippen LogP contribution in [0.3, 0.4) is 0 Å². The molecule has 9 nitrogen and oxygen atoms in total. The molecule has 1 aliphatic rings. The van der Waals surface area contributed by atoms with Crippen molar-refractivity contribution in [3.05, 3.63) is 28.9 Å². The molecule has 0 spiro atoms. The fourth-order valence-corrected chi connectivity index (χ4v) is 4.60. The van der Waals surface area contributed by atoms with Crippen molar-refractivity contribution in [2.24, 2.45) is 0 Å². The van der Waals surface area contributed by atoms with E-state index in [-0.39, 0.29) is 12.5 Å². The standard InChI is InChI=1S/C24H31BrN6O3/c1-4-9-31-10-7-16(8-11-31)28-21-17(25)13-27-24-22(21)29-23(30-24)15-5-6-18(19(12-15)33-3)34-14-20(32)26-2/h5-6,12-13,16H,4,7-11,14H2,1-3H3,(H,26,32)(H2,27,28,29,30). The zero-order chi connectivity index (χ0) is 24.1. The van der Waals surface area contributed by atoms with Crippen molar-refractivity contribution < 1.29 is 14.3 Å². The van der Waals surface area contributed by atoms with Crippen LogP contribution < -0.4 is 20.1 Å². The quantitative estimate of drug-likeness (QED) is 0.386. The van der Waals surface area contributed by atoms with Crippen molar-refractivity contribution in [3.63, 3.8) is 0 Å². The summed E-state index contributed by atoms with van der Waals surface area (Å²) in [6.07, 6.45) is 5.19. The van der Waals surface area contributed by atoms with Gasteiger partial charge in [0.2, 0.25) is 0 Å². The lowest BCUT2D eigenvalue weighted by Crippen LogP contribution is -2.39. The maximum absolute atomic E-state index is 11.5. The summed E-state index contributed by atoms with van der Waals surface area (Å²) < 4.78 is 12.0. The number of hydrogen-bond acceptors (Lipinski definition) is 7. The summed E-state index contributed by atoms with van der Waals surface area (Å²) in [7, 11) is 3.13. The van der Waals surface area contributed by atoms with Crippen LogP contribution in [0.1, 0.15) is 26.2 Å². The predicted molar refractivity (Wildman–Crippen MR) is 137 cm³/mol. The Morgan fingerprint density at radius 3 is 2.79 bits per heavy atom. The van der Waals surface area contributed by atoms with E-state index in [4.69, 9.17) is 14.5 Å². The van der Waals surface area contributed by atoms with Crippen LogP contribution in [-0.2, 0) is 4.79 Å². The summed E-state index contributed by atoms with van der Waals surface area (Å²) in [6, 6.07) is 5.89. The summed E-state index contributed by atoms with van der Waals surface area (Å²) in [5.41, 5.74) is 3.31. The number of piperidine rings is 1. The van der Waals surface area contributed by atoms with Gasteiger partial charge in [-0.2, -0.15) is 0 Å². The highest BCUT2D eigenvalue weighted by atomic mass is 79.9. The molecule has 1 fully saturated rings. The first-order chi connectivity index (χ1) is 16.5. The van der Waals surface area contributed by atoms with E-state index in [0.29, 0.717) is 29.0 Å². The molecule has 2 aromatic heterocycles. The van der Waals surface area contributed by atoms with Crippen molar-refractivity contribution in [2.75, 3.05) is 45.7 Å². The molecule has 0 atom stereocenters. The van der Waals surface area contributed by atoms with Crippen LogP contribution in [0.5, 0.6) is 11.5 Å². The molecule has 34 heavy (non-hydrogen) atoms. The number of nitrogens with zero attached hydrogens (tertiary/aromatic N) is 3. The number of hydrogen-bond donors (Lipinski definition) is 3. The lowest BCUT2D eigenvalue weighted by atomic mass is 10.0. The maximum atomic E-state index is 11.5. The monoisotopic (exact) mass is 530 g/mol. The van der Waals surface area contributed by atoms with Crippen molar-refractivity contribution in [3.8, 4) is 22.9 Å². The molecular weight excluding hydrogens is 500 g/mol. The zero-order valence-electron chi connectivity index (χ0n) is 19.8. The number of likely N-dealkylation sites (tertiary alicyclic amines) is 1. The van der Waals surface area contributed by atoms with Crippen LogP contribution in [0, 0.1) is 0 Å². The van der Waals surface area contributed by atoms with E-state index in [2.05, 4.69) is 48.4 Å². The Hall–Kier alpha value is -2.85. The van der Waals surface area contributed by atoms with Gasteiger partial charge in [-0.15, -0.1) is 0 Å². The summed E-state index contributed by atoms with van der Waals surface area (Å²) in [5.74, 6) is 1.48. The second kappa shape index (κ2) is 11.1. The predicted octanol–water partition coefficient (Wildman–Crippen LogP) is 3.81. The molecule has 0 radical (unpaired) electrons. The summed E-state index contributed by atoms with van der Waals surface area (Å²) >= 11 is 3.66. The van der Waals surface area contributed by atoms with Gasteiger partial charge in [-0.3, -0.25) is 4.79 Å². The fourth-order valence-electron chi connectivity index (χ4n) is 4.18. The van der Waals surface area contributed by atoms with Gasteiger partial charge in [-0.05, 0) is 59.9 Å². The molecular formula is C24H31BrN6O3. The first-order valence-electron chi connectivity index (χ1n) is 11.6. The number of methoxy groups -OCH3 is 1. The molecule has 0 bridgehead atoms. The van der Waals surface area contributed by atoms with Crippen LogP contribution in [-0.4, -0.2) is 72.2 Å². The molecule has 10 heteroatoms. The van der Waals surface area contributed by atoms with Crippen LogP contribution >= 0.6 is 15.9 Å². The van der Waals surface area contributed by atoms with Crippen LogP contribution in [0.4, 0.5) is 5.69 Å². The van der Waals surface area contributed by atoms with E-state index in [1.54, 1.807) is 26.4 Å². The minimum Gasteiger partial charge on any atom is -0.493 e. The van der Waals surface area contributed by atoms with Crippen molar-refractivity contribution >= 4 is 38.7 Å². The normalized spacial score (nSPS) is 14.8. The van der Waals surface area contributed by atoms with Crippen LogP contribution in [0.2, 0.25) is 0 Å². The highest BCUT2D eigenvalue weighted by molar-refractivity contribution is 9.10. The molecule has 0 aliphatic carbocycles. The number of aromatic nitrogens is 3. The smallest absolute Gasteiger partial charge is 0.257 e. The largest absolute Gasteiger partial charge is 0.493 e. The lowest BCUT2D eigenvalue weighted by Gasteiger charge is -2.32.